The maximum absolute atomic E-state index is 12.9. The Balaban J connectivity index is 1.51. The molecule has 0 radical (unpaired) electrons. The van der Waals surface area contributed by atoms with Gasteiger partial charge in [-0.1, -0.05) is 18.2 Å². The summed E-state index contributed by atoms with van der Waals surface area (Å²) >= 11 is 0. The average Bonchev–Trinajstić information content (AvgIpc) is 3.20. The first-order chi connectivity index (χ1) is 13.0. The summed E-state index contributed by atoms with van der Waals surface area (Å²) < 4.78 is 10.7. The van der Waals surface area contributed by atoms with E-state index in [1.807, 2.05) is 18.2 Å². The molecule has 2 aliphatic heterocycles. The maximum atomic E-state index is 12.9. The topological polar surface area (TPSA) is 91.7 Å². The van der Waals surface area contributed by atoms with Crippen LogP contribution in [0.4, 0.5) is 4.79 Å². The van der Waals surface area contributed by atoms with Crippen LogP contribution in [0.5, 0.6) is 11.5 Å². The van der Waals surface area contributed by atoms with Gasteiger partial charge in [-0.25, -0.2) is 4.79 Å². The third-order valence-electron chi connectivity index (χ3n) is 4.76. The van der Waals surface area contributed by atoms with Crippen LogP contribution in [0.1, 0.15) is 23.6 Å². The molecule has 1 atom stereocenters. The zero-order chi connectivity index (χ0) is 19.0. The van der Waals surface area contributed by atoms with E-state index >= 15 is 0 Å². The van der Waals surface area contributed by atoms with Crippen LogP contribution >= 0.6 is 0 Å². The van der Waals surface area contributed by atoms with Gasteiger partial charge in [-0.15, -0.1) is 0 Å². The van der Waals surface area contributed by atoms with Crippen molar-refractivity contribution >= 4 is 11.9 Å². The second-order valence-corrected chi connectivity index (χ2v) is 6.83. The SMILES string of the molecule is C[C@@]1(Cc2ccc3c(c2)OCO3)NC(=O)N(Cc2ccc(C#N)cc2)C1=O. The van der Waals surface area contributed by atoms with Gasteiger partial charge in [-0.05, 0) is 42.3 Å². The number of nitrogens with one attached hydrogen (secondary N) is 1. The lowest BCUT2D eigenvalue weighted by molar-refractivity contribution is -0.131. The Labute approximate surface area is 156 Å². The third kappa shape index (κ3) is 3.06. The first-order valence-electron chi connectivity index (χ1n) is 8.50. The van der Waals surface area contributed by atoms with Gasteiger partial charge < -0.3 is 14.8 Å². The summed E-state index contributed by atoms with van der Waals surface area (Å²) in [6.07, 6.45) is 0.345. The van der Waals surface area contributed by atoms with Crippen molar-refractivity contribution < 1.29 is 19.1 Å². The quantitative estimate of drug-likeness (QED) is 0.842. The van der Waals surface area contributed by atoms with Crippen LogP contribution in [0.2, 0.25) is 0 Å². The molecule has 2 heterocycles. The van der Waals surface area contributed by atoms with Crippen molar-refractivity contribution in [3.63, 3.8) is 0 Å². The van der Waals surface area contributed by atoms with Gasteiger partial charge in [0.05, 0.1) is 18.2 Å². The number of nitrogens with zero attached hydrogens (tertiary/aromatic N) is 2. The zero-order valence-corrected chi connectivity index (χ0v) is 14.7. The zero-order valence-electron chi connectivity index (χ0n) is 14.7. The highest BCUT2D eigenvalue weighted by Gasteiger charge is 2.47. The Morgan fingerprint density at radius 1 is 1.11 bits per heavy atom. The fourth-order valence-electron chi connectivity index (χ4n) is 3.34. The van der Waals surface area contributed by atoms with E-state index in [-0.39, 0.29) is 19.2 Å². The summed E-state index contributed by atoms with van der Waals surface area (Å²) in [5.41, 5.74) is 1.15. The van der Waals surface area contributed by atoms with Crippen LogP contribution in [0.3, 0.4) is 0 Å². The molecular weight excluding hydrogens is 346 g/mol. The Morgan fingerprint density at radius 3 is 2.56 bits per heavy atom. The molecule has 27 heavy (non-hydrogen) atoms. The second kappa shape index (κ2) is 6.32. The number of hydrogen-bond acceptors (Lipinski definition) is 5. The van der Waals surface area contributed by atoms with E-state index in [1.165, 1.54) is 4.90 Å². The number of fused-ring (bicyclic) bond motifs is 1. The monoisotopic (exact) mass is 363 g/mol. The highest BCUT2D eigenvalue weighted by atomic mass is 16.7. The number of ether oxygens (including phenoxy) is 2. The van der Waals surface area contributed by atoms with Gasteiger partial charge in [0.1, 0.15) is 5.54 Å². The number of amides is 3. The molecule has 0 bridgehead atoms. The van der Waals surface area contributed by atoms with Crippen LogP contribution < -0.4 is 14.8 Å². The number of carbonyl (C=O) groups is 2. The number of benzene rings is 2. The molecule has 0 spiro atoms. The number of rotatable bonds is 4. The summed E-state index contributed by atoms with van der Waals surface area (Å²) in [6, 6.07) is 13.9. The average molecular weight is 363 g/mol. The third-order valence-corrected chi connectivity index (χ3v) is 4.76. The standard InChI is InChI=1S/C20H17N3O4/c1-20(9-15-6-7-16-17(8-15)27-12-26-16)18(24)23(19(25)22-20)11-14-4-2-13(10-21)3-5-14/h2-8H,9,11-12H2,1H3,(H,22,25)/t20-/m0/s1. The van der Waals surface area contributed by atoms with Gasteiger partial charge in [0.2, 0.25) is 6.79 Å². The summed E-state index contributed by atoms with van der Waals surface area (Å²) in [6.45, 7) is 2.06. The van der Waals surface area contributed by atoms with E-state index in [0.29, 0.717) is 23.5 Å². The predicted octanol–water partition coefficient (Wildman–Crippen LogP) is 2.34. The molecular formula is C20H17N3O4. The highest BCUT2D eigenvalue weighted by Crippen LogP contribution is 2.34. The highest BCUT2D eigenvalue weighted by molar-refractivity contribution is 6.06. The lowest BCUT2D eigenvalue weighted by atomic mass is 9.92. The molecule has 0 aromatic heterocycles. The number of carbonyl (C=O) groups excluding carboxylic acids is 2. The molecule has 7 nitrogen and oxygen atoms in total. The number of urea groups is 1. The van der Waals surface area contributed by atoms with E-state index in [0.717, 1.165) is 11.1 Å². The lowest BCUT2D eigenvalue weighted by Gasteiger charge is -2.22. The summed E-state index contributed by atoms with van der Waals surface area (Å²) in [5.74, 6) is 1.03. The summed E-state index contributed by atoms with van der Waals surface area (Å²) in [7, 11) is 0. The molecule has 4 rings (SSSR count). The molecule has 0 aliphatic carbocycles. The van der Waals surface area contributed by atoms with Crippen molar-refractivity contribution in [3.05, 3.63) is 59.2 Å². The molecule has 0 saturated carbocycles. The predicted molar refractivity (Wildman–Crippen MR) is 94.9 cm³/mol. The lowest BCUT2D eigenvalue weighted by Crippen LogP contribution is -2.45. The van der Waals surface area contributed by atoms with Gasteiger partial charge in [0, 0.05) is 6.42 Å². The van der Waals surface area contributed by atoms with Crippen molar-refractivity contribution in [2.45, 2.75) is 25.4 Å². The molecule has 7 heteroatoms. The normalized spacial score (nSPS) is 20.5. The molecule has 1 saturated heterocycles. The molecule has 136 valence electrons. The molecule has 2 aromatic rings. The Kier molecular flexibility index (Phi) is 3.96. The maximum Gasteiger partial charge on any atom is 0.325 e. The second-order valence-electron chi connectivity index (χ2n) is 6.83. The fraction of sp³-hybridized carbons (Fsp3) is 0.250. The first kappa shape index (κ1) is 16.9. The van der Waals surface area contributed by atoms with Crippen molar-refractivity contribution in [1.82, 2.24) is 10.2 Å². The Hall–Kier alpha value is -3.53. The van der Waals surface area contributed by atoms with Gasteiger partial charge in [-0.2, -0.15) is 5.26 Å². The van der Waals surface area contributed by atoms with Crippen molar-refractivity contribution in [3.8, 4) is 17.6 Å². The van der Waals surface area contributed by atoms with Crippen molar-refractivity contribution in [2.75, 3.05) is 6.79 Å². The van der Waals surface area contributed by atoms with Crippen LogP contribution in [-0.2, 0) is 17.8 Å². The molecule has 3 amide bonds. The van der Waals surface area contributed by atoms with Crippen LogP contribution in [0, 0.1) is 11.3 Å². The van der Waals surface area contributed by atoms with E-state index < -0.39 is 11.6 Å². The van der Waals surface area contributed by atoms with E-state index in [1.54, 1.807) is 37.3 Å². The molecule has 2 aliphatic rings. The summed E-state index contributed by atoms with van der Waals surface area (Å²) in [4.78, 5) is 26.5. The van der Waals surface area contributed by atoms with Gasteiger partial charge in [-0.3, -0.25) is 9.69 Å². The minimum absolute atomic E-state index is 0.160. The Morgan fingerprint density at radius 2 is 1.81 bits per heavy atom. The Bertz CT molecular complexity index is 964. The van der Waals surface area contributed by atoms with Crippen LogP contribution in [-0.4, -0.2) is 29.2 Å². The minimum atomic E-state index is -1.03. The van der Waals surface area contributed by atoms with Gasteiger partial charge in [0.25, 0.3) is 5.91 Å². The van der Waals surface area contributed by atoms with E-state index in [4.69, 9.17) is 14.7 Å². The summed E-state index contributed by atoms with van der Waals surface area (Å²) in [5, 5.41) is 11.7. The van der Waals surface area contributed by atoms with Gasteiger partial charge in [0.15, 0.2) is 11.5 Å². The van der Waals surface area contributed by atoms with E-state index in [2.05, 4.69) is 5.32 Å². The van der Waals surface area contributed by atoms with E-state index in [9.17, 15) is 9.59 Å². The number of imide groups is 1. The van der Waals surface area contributed by atoms with Crippen LogP contribution in [0.25, 0.3) is 0 Å². The first-order valence-corrected chi connectivity index (χ1v) is 8.50. The smallest absolute Gasteiger partial charge is 0.325 e. The minimum Gasteiger partial charge on any atom is -0.454 e. The fourth-order valence-corrected chi connectivity index (χ4v) is 3.34. The van der Waals surface area contributed by atoms with Crippen molar-refractivity contribution in [2.24, 2.45) is 0 Å². The molecule has 1 fully saturated rings. The molecule has 1 N–H and O–H groups in total. The number of hydrogen-bond donors (Lipinski definition) is 1. The number of nitriles is 1. The van der Waals surface area contributed by atoms with Gasteiger partial charge >= 0.3 is 6.03 Å². The largest absolute Gasteiger partial charge is 0.454 e. The van der Waals surface area contributed by atoms with Crippen LogP contribution in [0.15, 0.2) is 42.5 Å². The van der Waals surface area contributed by atoms with Crippen molar-refractivity contribution in [1.29, 1.82) is 5.26 Å². The molecule has 0 unspecified atom stereocenters. The molecule has 2 aromatic carbocycles.